The molecule has 0 saturated heterocycles. The van der Waals surface area contributed by atoms with Crippen LogP contribution in [-0.4, -0.2) is 26.5 Å². The van der Waals surface area contributed by atoms with Gasteiger partial charge in [-0.1, -0.05) is 48.5 Å². The van der Waals surface area contributed by atoms with Crippen LogP contribution in [0.25, 0.3) is 22.6 Å². The lowest BCUT2D eigenvalue weighted by atomic mass is 10.1. The molecule has 0 fully saturated rings. The smallest absolute Gasteiger partial charge is 0.339 e. The van der Waals surface area contributed by atoms with E-state index >= 15 is 0 Å². The molecule has 2 aromatic heterocycles. The minimum Gasteiger partial charge on any atom is -0.462 e. The van der Waals surface area contributed by atoms with Gasteiger partial charge in [-0.05, 0) is 44.5 Å². The Morgan fingerprint density at radius 2 is 1.55 bits per heavy atom. The summed E-state index contributed by atoms with van der Waals surface area (Å²) >= 11 is 0. The molecule has 2 heterocycles. The Kier molecular flexibility index (Phi) is 5.38. The van der Waals surface area contributed by atoms with E-state index in [9.17, 15) is 9.59 Å². The molecule has 0 aliphatic rings. The molecule has 0 spiro atoms. The van der Waals surface area contributed by atoms with Gasteiger partial charge in [0.2, 0.25) is 0 Å². The van der Waals surface area contributed by atoms with Gasteiger partial charge in [-0.3, -0.25) is 9.48 Å². The second-order valence-corrected chi connectivity index (χ2v) is 7.36. The van der Waals surface area contributed by atoms with Crippen molar-refractivity contribution in [3.8, 4) is 22.6 Å². The van der Waals surface area contributed by atoms with Crippen molar-refractivity contribution in [2.75, 3.05) is 6.61 Å². The average molecular weight is 415 g/mol. The first-order chi connectivity index (χ1) is 15.0. The fourth-order valence-electron chi connectivity index (χ4n) is 3.94. The van der Waals surface area contributed by atoms with Gasteiger partial charge in [0, 0.05) is 12.7 Å². The molecule has 4 rings (SSSR count). The fourth-order valence-corrected chi connectivity index (χ4v) is 3.94. The van der Waals surface area contributed by atoms with E-state index in [4.69, 9.17) is 4.74 Å². The van der Waals surface area contributed by atoms with Crippen LogP contribution in [0.5, 0.6) is 0 Å². The number of nitrogens with zero attached hydrogens (tertiary/aromatic N) is 3. The van der Waals surface area contributed by atoms with E-state index in [1.54, 1.807) is 17.7 Å². The van der Waals surface area contributed by atoms with Crippen molar-refractivity contribution in [1.29, 1.82) is 0 Å². The molecule has 0 N–H and O–H groups in total. The van der Waals surface area contributed by atoms with Crippen molar-refractivity contribution in [1.82, 2.24) is 13.9 Å². The SMILES string of the molecule is CCOC(=O)c1cc(-c2ccccc2)n(-c2c(C)n(C)n(-c3ccccc3)c2=O)c1C. The molecular weight excluding hydrogens is 390 g/mol. The number of hydrogen-bond donors (Lipinski definition) is 0. The molecule has 0 unspecified atom stereocenters. The van der Waals surface area contributed by atoms with E-state index in [2.05, 4.69) is 0 Å². The normalized spacial score (nSPS) is 11.0. The van der Waals surface area contributed by atoms with Crippen molar-refractivity contribution in [3.63, 3.8) is 0 Å². The number of carbonyl (C=O) groups excluding carboxylic acids is 1. The molecule has 0 amide bonds. The third kappa shape index (κ3) is 3.40. The number of esters is 1. The Bertz CT molecular complexity index is 1300. The van der Waals surface area contributed by atoms with Crippen LogP contribution < -0.4 is 5.56 Å². The molecule has 0 bridgehead atoms. The predicted molar refractivity (Wildman–Crippen MR) is 121 cm³/mol. The third-order valence-electron chi connectivity index (χ3n) is 5.56. The average Bonchev–Trinajstić information content (AvgIpc) is 3.22. The second-order valence-electron chi connectivity index (χ2n) is 7.36. The summed E-state index contributed by atoms with van der Waals surface area (Å²) in [5, 5.41) is 0. The van der Waals surface area contributed by atoms with Crippen molar-refractivity contribution in [2.45, 2.75) is 20.8 Å². The number of aromatic nitrogens is 3. The van der Waals surface area contributed by atoms with Gasteiger partial charge >= 0.3 is 5.97 Å². The van der Waals surface area contributed by atoms with Crippen molar-refractivity contribution < 1.29 is 9.53 Å². The second kappa shape index (κ2) is 8.14. The van der Waals surface area contributed by atoms with Crippen molar-refractivity contribution in [2.24, 2.45) is 7.05 Å². The number of para-hydroxylation sites is 1. The molecule has 0 aliphatic carbocycles. The number of benzene rings is 2. The van der Waals surface area contributed by atoms with Crippen LogP contribution in [-0.2, 0) is 11.8 Å². The maximum absolute atomic E-state index is 13.7. The first-order valence-corrected chi connectivity index (χ1v) is 10.2. The molecule has 0 saturated carbocycles. The van der Waals surface area contributed by atoms with Crippen LogP contribution in [0.15, 0.2) is 71.5 Å². The maximum Gasteiger partial charge on any atom is 0.339 e. The Hall–Kier alpha value is -3.80. The van der Waals surface area contributed by atoms with Gasteiger partial charge < -0.3 is 9.30 Å². The summed E-state index contributed by atoms with van der Waals surface area (Å²) in [5.74, 6) is -0.395. The minimum absolute atomic E-state index is 0.155. The largest absolute Gasteiger partial charge is 0.462 e. The van der Waals surface area contributed by atoms with Crippen LogP contribution in [0.1, 0.15) is 28.7 Å². The lowest BCUT2D eigenvalue weighted by molar-refractivity contribution is 0.0525. The lowest BCUT2D eigenvalue weighted by Crippen LogP contribution is -2.22. The highest BCUT2D eigenvalue weighted by molar-refractivity contribution is 5.93. The van der Waals surface area contributed by atoms with E-state index in [0.29, 0.717) is 16.9 Å². The van der Waals surface area contributed by atoms with E-state index in [-0.39, 0.29) is 12.2 Å². The molecule has 2 aromatic carbocycles. The summed E-state index contributed by atoms with van der Waals surface area (Å²) in [4.78, 5) is 26.3. The number of rotatable bonds is 5. The molecule has 31 heavy (non-hydrogen) atoms. The lowest BCUT2D eigenvalue weighted by Gasteiger charge is -2.11. The highest BCUT2D eigenvalue weighted by atomic mass is 16.5. The van der Waals surface area contributed by atoms with Gasteiger partial charge in [0.1, 0.15) is 5.69 Å². The van der Waals surface area contributed by atoms with Crippen LogP contribution in [0.3, 0.4) is 0 Å². The molecule has 158 valence electrons. The van der Waals surface area contributed by atoms with Gasteiger partial charge in [-0.25, -0.2) is 9.48 Å². The van der Waals surface area contributed by atoms with Gasteiger partial charge in [0.25, 0.3) is 5.56 Å². The number of ether oxygens (including phenoxy) is 1. The molecule has 6 heteroatoms. The summed E-state index contributed by atoms with van der Waals surface area (Å²) in [6.45, 7) is 5.82. The summed E-state index contributed by atoms with van der Waals surface area (Å²) in [7, 11) is 1.86. The van der Waals surface area contributed by atoms with Gasteiger partial charge in [-0.15, -0.1) is 0 Å². The zero-order valence-corrected chi connectivity index (χ0v) is 18.1. The van der Waals surface area contributed by atoms with Gasteiger partial charge in [-0.2, -0.15) is 0 Å². The van der Waals surface area contributed by atoms with Gasteiger partial charge in [0.05, 0.1) is 29.2 Å². The topological polar surface area (TPSA) is 58.2 Å². The summed E-state index contributed by atoms with van der Waals surface area (Å²) in [6, 6.07) is 21.1. The van der Waals surface area contributed by atoms with Crippen LogP contribution >= 0.6 is 0 Å². The molecule has 0 atom stereocenters. The fraction of sp³-hybridized carbons (Fsp3) is 0.200. The summed E-state index contributed by atoms with van der Waals surface area (Å²) in [6.07, 6.45) is 0. The summed E-state index contributed by atoms with van der Waals surface area (Å²) < 4.78 is 10.6. The molecule has 4 aromatic rings. The molecular formula is C25H25N3O3. The minimum atomic E-state index is -0.395. The van der Waals surface area contributed by atoms with E-state index < -0.39 is 5.97 Å². The van der Waals surface area contributed by atoms with Crippen LogP contribution in [0.4, 0.5) is 0 Å². The maximum atomic E-state index is 13.7. The highest BCUT2D eigenvalue weighted by Crippen LogP contribution is 2.30. The Morgan fingerprint density at radius 1 is 0.935 bits per heavy atom. The van der Waals surface area contributed by atoms with Gasteiger partial charge in [0.15, 0.2) is 0 Å². The van der Waals surface area contributed by atoms with E-state index in [1.165, 1.54) is 0 Å². The Labute approximate surface area is 180 Å². The first-order valence-electron chi connectivity index (χ1n) is 10.2. The molecule has 0 radical (unpaired) electrons. The van der Waals surface area contributed by atoms with E-state index in [0.717, 1.165) is 22.6 Å². The quantitative estimate of drug-likeness (QED) is 0.453. The predicted octanol–water partition coefficient (Wildman–Crippen LogP) is 4.43. The number of carbonyl (C=O) groups is 1. The van der Waals surface area contributed by atoms with Crippen molar-refractivity contribution >= 4 is 5.97 Å². The Morgan fingerprint density at radius 3 is 2.16 bits per heavy atom. The molecule has 6 nitrogen and oxygen atoms in total. The monoisotopic (exact) mass is 415 g/mol. The zero-order chi connectivity index (χ0) is 22.1. The summed E-state index contributed by atoms with van der Waals surface area (Å²) in [5.41, 5.74) is 4.73. The van der Waals surface area contributed by atoms with Crippen molar-refractivity contribution in [3.05, 3.63) is 94.0 Å². The highest BCUT2D eigenvalue weighted by Gasteiger charge is 2.26. The van der Waals surface area contributed by atoms with Crippen LogP contribution in [0, 0.1) is 13.8 Å². The third-order valence-corrected chi connectivity index (χ3v) is 5.56. The standard InChI is InChI=1S/C25H25N3O3/c1-5-31-25(30)21-16-22(19-12-8-6-9-13-19)27(17(21)2)23-18(3)26(4)28(24(23)29)20-14-10-7-11-15-20/h6-16H,5H2,1-4H3. The molecule has 0 aliphatic heterocycles. The first kappa shape index (κ1) is 20.5. The van der Waals surface area contributed by atoms with Crippen LogP contribution in [0.2, 0.25) is 0 Å². The Balaban J connectivity index is 2.03. The number of hydrogen-bond acceptors (Lipinski definition) is 3. The zero-order valence-electron chi connectivity index (χ0n) is 18.1. The van der Waals surface area contributed by atoms with E-state index in [1.807, 2.05) is 90.8 Å².